The maximum absolute atomic E-state index is 5.76. The van der Waals surface area contributed by atoms with Gasteiger partial charge in [-0.1, -0.05) is 43.5 Å². The van der Waals surface area contributed by atoms with Gasteiger partial charge in [0.25, 0.3) is 0 Å². The molecule has 1 aliphatic carbocycles. The Morgan fingerprint density at radius 2 is 1.62 bits per heavy atom. The van der Waals surface area contributed by atoms with Crippen molar-refractivity contribution in [2.75, 3.05) is 44.2 Å². The van der Waals surface area contributed by atoms with E-state index in [2.05, 4.69) is 64.8 Å². The molecule has 0 bridgehead atoms. The molecule has 1 aromatic carbocycles. The molecule has 1 aromatic rings. The van der Waals surface area contributed by atoms with Crippen molar-refractivity contribution >= 4 is 5.69 Å². The van der Waals surface area contributed by atoms with E-state index in [1.54, 1.807) is 0 Å². The van der Waals surface area contributed by atoms with Gasteiger partial charge in [-0.05, 0) is 56.5 Å². The van der Waals surface area contributed by atoms with Crippen molar-refractivity contribution in [2.24, 2.45) is 0 Å². The van der Waals surface area contributed by atoms with Crippen LogP contribution in [0.25, 0.3) is 0 Å². The molecule has 0 N–H and O–H groups in total. The Kier molecular flexibility index (Phi) is 8.11. The third-order valence-electron chi connectivity index (χ3n) is 5.22. The SMILES string of the molecule is [CH]1C=C(OCCCCCCCN2CCN(c3ccccc3)CC2)C=CC1. The zero-order valence-electron chi connectivity index (χ0n) is 16.0. The lowest BCUT2D eigenvalue weighted by molar-refractivity contribution is 0.215. The van der Waals surface area contributed by atoms with Crippen molar-refractivity contribution in [3.63, 3.8) is 0 Å². The molecule has 3 rings (SSSR count). The van der Waals surface area contributed by atoms with Gasteiger partial charge in [-0.25, -0.2) is 0 Å². The molecule has 0 amide bonds. The number of allylic oxidation sites excluding steroid dienone is 3. The Balaban J connectivity index is 1.17. The Bertz CT molecular complexity index is 559. The molecule has 0 spiro atoms. The molecule has 3 nitrogen and oxygen atoms in total. The van der Waals surface area contributed by atoms with Gasteiger partial charge in [0.1, 0.15) is 5.76 Å². The van der Waals surface area contributed by atoms with E-state index in [9.17, 15) is 0 Å². The molecule has 0 saturated carbocycles. The molecule has 1 fully saturated rings. The molecule has 1 radical (unpaired) electrons. The molecule has 2 aliphatic rings. The highest BCUT2D eigenvalue weighted by atomic mass is 16.5. The van der Waals surface area contributed by atoms with Crippen molar-refractivity contribution in [3.8, 4) is 0 Å². The highest BCUT2D eigenvalue weighted by molar-refractivity contribution is 5.46. The van der Waals surface area contributed by atoms with E-state index in [0.29, 0.717) is 0 Å². The van der Waals surface area contributed by atoms with Crippen LogP contribution in [0.15, 0.2) is 54.3 Å². The summed E-state index contributed by atoms with van der Waals surface area (Å²) in [6.45, 7) is 6.81. The smallest absolute Gasteiger partial charge is 0.115 e. The van der Waals surface area contributed by atoms with Crippen LogP contribution in [0.4, 0.5) is 5.69 Å². The molecule has 26 heavy (non-hydrogen) atoms. The standard InChI is InChI=1S/C23H33N2O/c1(3-11-21-26-23-14-8-5-9-15-23)2-10-16-24-17-19-25(20-18-24)22-12-6-4-7-13-22/h4,6-9,12-15H,1-3,5,10-11,16-21H2. The van der Waals surface area contributed by atoms with Gasteiger partial charge in [-0.2, -0.15) is 0 Å². The van der Waals surface area contributed by atoms with Gasteiger partial charge >= 0.3 is 0 Å². The summed E-state index contributed by atoms with van der Waals surface area (Å²) in [4.78, 5) is 5.13. The van der Waals surface area contributed by atoms with Gasteiger partial charge in [0.15, 0.2) is 0 Å². The molecule has 1 aliphatic heterocycles. The maximum Gasteiger partial charge on any atom is 0.115 e. The lowest BCUT2D eigenvalue weighted by Crippen LogP contribution is -2.46. The zero-order chi connectivity index (χ0) is 17.9. The molecule has 3 heteroatoms. The van der Waals surface area contributed by atoms with Gasteiger partial charge in [-0.15, -0.1) is 0 Å². The maximum atomic E-state index is 5.76. The second-order valence-corrected chi connectivity index (χ2v) is 7.22. The molecular weight excluding hydrogens is 320 g/mol. The second kappa shape index (κ2) is 11.1. The number of hydrogen-bond acceptors (Lipinski definition) is 3. The number of para-hydroxylation sites is 1. The van der Waals surface area contributed by atoms with Crippen LogP contribution >= 0.6 is 0 Å². The van der Waals surface area contributed by atoms with Gasteiger partial charge < -0.3 is 9.64 Å². The Morgan fingerprint density at radius 3 is 2.38 bits per heavy atom. The summed E-state index contributed by atoms with van der Waals surface area (Å²) in [7, 11) is 0. The molecular formula is C23H33N2O. The summed E-state index contributed by atoms with van der Waals surface area (Å²) in [5.41, 5.74) is 1.37. The van der Waals surface area contributed by atoms with Crippen molar-refractivity contribution in [2.45, 2.75) is 38.5 Å². The lowest BCUT2D eigenvalue weighted by atomic mass is 10.1. The Labute approximate surface area is 159 Å². The number of unbranched alkanes of at least 4 members (excludes halogenated alkanes) is 4. The largest absolute Gasteiger partial charge is 0.494 e. The van der Waals surface area contributed by atoms with E-state index in [0.717, 1.165) is 31.9 Å². The molecule has 141 valence electrons. The first-order valence-corrected chi connectivity index (χ1v) is 10.3. The van der Waals surface area contributed by atoms with E-state index in [-0.39, 0.29) is 0 Å². The quantitative estimate of drug-likeness (QED) is 0.561. The fourth-order valence-corrected chi connectivity index (χ4v) is 3.63. The van der Waals surface area contributed by atoms with E-state index < -0.39 is 0 Å². The first-order chi connectivity index (χ1) is 12.9. The van der Waals surface area contributed by atoms with Crippen molar-refractivity contribution in [1.29, 1.82) is 0 Å². The number of anilines is 1. The highest BCUT2D eigenvalue weighted by Gasteiger charge is 2.16. The highest BCUT2D eigenvalue weighted by Crippen LogP contribution is 2.16. The monoisotopic (exact) mass is 353 g/mol. The molecule has 0 aromatic heterocycles. The third kappa shape index (κ3) is 6.53. The van der Waals surface area contributed by atoms with Crippen LogP contribution in [-0.4, -0.2) is 44.2 Å². The first-order valence-electron chi connectivity index (χ1n) is 10.3. The average molecular weight is 354 g/mol. The fourth-order valence-electron chi connectivity index (χ4n) is 3.63. The van der Waals surface area contributed by atoms with Crippen molar-refractivity contribution < 1.29 is 4.74 Å². The van der Waals surface area contributed by atoms with Crippen LogP contribution in [0, 0.1) is 6.42 Å². The van der Waals surface area contributed by atoms with Crippen LogP contribution < -0.4 is 4.90 Å². The van der Waals surface area contributed by atoms with Crippen molar-refractivity contribution in [3.05, 3.63) is 60.7 Å². The van der Waals surface area contributed by atoms with E-state index in [1.165, 1.54) is 57.4 Å². The zero-order valence-corrected chi connectivity index (χ0v) is 16.0. The third-order valence-corrected chi connectivity index (χ3v) is 5.22. The number of hydrogen-bond donors (Lipinski definition) is 0. The van der Waals surface area contributed by atoms with Gasteiger partial charge in [-0.3, -0.25) is 4.90 Å². The van der Waals surface area contributed by atoms with Crippen molar-refractivity contribution in [1.82, 2.24) is 4.90 Å². The van der Waals surface area contributed by atoms with Crippen LogP contribution in [0.1, 0.15) is 38.5 Å². The fraction of sp³-hybridized carbons (Fsp3) is 0.522. The first kappa shape index (κ1) is 19.0. The summed E-state index contributed by atoms with van der Waals surface area (Å²) < 4.78 is 5.76. The summed E-state index contributed by atoms with van der Waals surface area (Å²) >= 11 is 0. The normalized spacial score (nSPS) is 18.0. The number of ether oxygens (including phenoxy) is 1. The summed E-state index contributed by atoms with van der Waals surface area (Å²) in [5, 5.41) is 0. The topological polar surface area (TPSA) is 15.7 Å². The van der Waals surface area contributed by atoms with E-state index >= 15 is 0 Å². The van der Waals surface area contributed by atoms with E-state index in [4.69, 9.17) is 4.74 Å². The van der Waals surface area contributed by atoms with Gasteiger partial charge in [0.2, 0.25) is 0 Å². The van der Waals surface area contributed by atoms with E-state index in [1.807, 2.05) is 0 Å². The minimum atomic E-state index is 0.853. The predicted molar refractivity (Wildman–Crippen MR) is 110 cm³/mol. The minimum absolute atomic E-state index is 0.853. The second-order valence-electron chi connectivity index (χ2n) is 7.22. The Hall–Kier alpha value is -1.74. The molecule has 1 heterocycles. The summed E-state index contributed by atoms with van der Waals surface area (Å²) in [6.07, 6.45) is 15.9. The average Bonchev–Trinajstić information content (AvgIpc) is 2.72. The van der Waals surface area contributed by atoms with Gasteiger partial charge in [0.05, 0.1) is 6.61 Å². The molecule has 0 atom stereocenters. The summed E-state index contributed by atoms with van der Waals surface area (Å²) in [5.74, 6) is 1.02. The number of nitrogens with zero attached hydrogens (tertiary/aromatic N) is 2. The van der Waals surface area contributed by atoms with Crippen LogP contribution in [0.5, 0.6) is 0 Å². The molecule has 1 saturated heterocycles. The predicted octanol–water partition coefficient (Wildman–Crippen LogP) is 4.82. The summed E-state index contributed by atoms with van der Waals surface area (Å²) in [6, 6.07) is 10.8. The van der Waals surface area contributed by atoms with Gasteiger partial charge in [0, 0.05) is 31.9 Å². The van der Waals surface area contributed by atoms with Crippen LogP contribution in [0.2, 0.25) is 0 Å². The van der Waals surface area contributed by atoms with Crippen LogP contribution in [0.3, 0.4) is 0 Å². The lowest BCUT2D eigenvalue weighted by Gasteiger charge is -2.36. The molecule has 0 unspecified atom stereocenters. The minimum Gasteiger partial charge on any atom is -0.494 e. The number of rotatable bonds is 10. The number of benzene rings is 1. The van der Waals surface area contributed by atoms with Crippen LogP contribution in [-0.2, 0) is 4.74 Å². The Morgan fingerprint density at radius 1 is 0.846 bits per heavy atom. The number of piperazine rings is 1.